The lowest BCUT2D eigenvalue weighted by Crippen LogP contribution is -2.42. The van der Waals surface area contributed by atoms with Gasteiger partial charge in [0.1, 0.15) is 0 Å². The molecular weight excluding hydrogens is 306 g/mol. The molecule has 1 aromatic heterocycles. The Labute approximate surface area is 143 Å². The molecular formula is C17H29N5S. The fourth-order valence-corrected chi connectivity index (χ4v) is 3.81. The summed E-state index contributed by atoms with van der Waals surface area (Å²) in [6.07, 6.45) is 5.66. The van der Waals surface area contributed by atoms with Gasteiger partial charge in [-0.25, -0.2) is 4.98 Å². The molecule has 3 rings (SSSR count). The Kier molecular flexibility index (Phi) is 5.54. The number of nitrogens with one attached hydrogen (secondary N) is 2. The first-order chi connectivity index (χ1) is 11.2. The number of aromatic nitrogens is 1. The van der Waals surface area contributed by atoms with Crippen molar-refractivity contribution in [2.75, 3.05) is 26.7 Å². The maximum Gasteiger partial charge on any atom is 0.191 e. The molecule has 2 saturated carbocycles. The molecule has 0 amide bonds. The molecule has 2 N–H and O–H groups in total. The molecule has 0 saturated heterocycles. The molecule has 6 heteroatoms. The molecule has 1 heterocycles. The van der Waals surface area contributed by atoms with Crippen molar-refractivity contribution in [3.05, 3.63) is 15.6 Å². The van der Waals surface area contributed by atoms with Crippen molar-refractivity contribution in [1.82, 2.24) is 20.5 Å². The first-order valence-electron chi connectivity index (χ1n) is 8.77. The fourth-order valence-electron chi connectivity index (χ4n) is 2.93. The van der Waals surface area contributed by atoms with Gasteiger partial charge in [-0.2, -0.15) is 0 Å². The minimum Gasteiger partial charge on any atom is -0.355 e. The van der Waals surface area contributed by atoms with Crippen LogP contribution in [0.1, 0.15) is 41.3 Å². The van der Waals surface area contributed by atoms with Crippen LogP contribution < -0.4 is 10.6 Å². The summed E-state index contributed by atoms with van der Waals surface area (Å²) in [6, 6.07) is 0.857. The van der Waals surface area contributed by atoms with E-state index in [1.54, 1.807) is 11.3 Å². The van der Waals surface area contributed by atoms with Crippen molar-refractivity contribution in [3.8, 4) is 0 Å². The van der Waals surface area contributed by atoms with Gasteiger partial charge < -0.3 is 10.6 Å². The highest BCUT2D eigenvalue weighted by molar-refractivity contribution is 7.11. The van der Waals surface area contributed by atoms with Crippen LogP contribution in [0.4, 0.5) is 0 Å². The van der Waals surface area contributed by atoms with Crippen LogP contribution in [0, 0.1) is 19.8 Å². The number of hydrogen-bond acceptors (Lipinski definition) is 4. The standard InChI is InChI=1S/C17H29N5S/c1-12-16(23-13(2)21-12)10-20-17(18-3)19-8-9-22(15-6-7-15)11-14-4-5-14/h14-15H,4-11H2,1-3H3,(H2,18,19,20). The van der Waals surface area contributed by atoms with E-state index in [0.29, 0.717) is 0 Å². The highest BCUT2D eigenvalue weighted by Crippen LogP contribution is 2.34. The summed E-state index contributed by atoms with van der Waals surface area (Å²) in [7, 11) is 1.84. The van der Waals surface area contributed by atoms with Crippen molar-refractivity contribution in [3.63, 3.8) is 0 Å². The van der Waals surface area contributed by atoms with E-state index in [4.69, 9.17) is 0 Å². The third kappa shape index (κ3) is 5.18. The Hall–Kier alpha value is -1.14. The van der Waals surface area contributed by atoms with E-state index in [1.165, 1.54) is 37.1 Å². The van der Waals surface area contributed by atoms with E-state index in [0.717, 1.165) is 48.3 Å². The number of nitrogens with zero attached hydrogens (tertiary/aromatic N) is 3. The Morgan fingerprint density at radius 2 is 2.04 bits per heavy atom. The zero-order chi connectivity index (χ0) is 16.2. The summed E-state index contributed by atoms with van der Waals surface area (Å²) in [5.74, 6) is 1.86. The van der Waals surface area contributed by atoms with Gasteiger partial charge in [-0.1, -0.05) is 0 Å². The molecule has 0 bridgehead atoms. The van der Waals surface area contributed by atoms with Gasteiger partial charge in [-0.05, 0) is 45.4 Å². The lowest BCUT2D eigenvalue weighted by molar-refractivity contribution is 0.256. The lowest BCUT2D eigenvalue weighted by Gasteiger charge is -2.22. The first kappa shape index (κ1) is 16.7. The van der Waals surface area contributed by atoms with Crippen LogP contribution in [0.3, 0.4) is 0 Å². The lowest BCUT2D eigenvalue weighted by atomic mass is 10.3. The van der Waals surface area contributed by atoms with Gasteiger partial charge >= 0.3 is 0 Å². The van der Waals surface area contributed by atoms with Gasteiger partial charge in [0.05, 0.1) is 17.2 Å². The van der Waals surface area contributed by atoms with Gasteiger partial charge in [0, 0.05) is 37.6 Å². The number of thiazole rings is 1. The monoisotopic (exact) mass is 335 g/mol. The largest absolute Gasteiger partial charge is 0.355 e. The van der Waals surface area contributed by atoms with Gasteiger partial charge in [-0.3, -0.25) is 9.89 Å². The minimum atomic E-state index is 0.797. The fraction of sp³-hybridized carbons (Fsp3) is 0.765. The Morgan fingerprint density at radius 3 is 2.61 bits per heavy atom. The summed E-state index contributed by atoms with van der Waals surface area (Å²) in [5.41, 5.74) is 1.12. The number of hydrogen-bond donors (Lipinski definition) is 2. The zero-order valence-electron chi connectivity index (χ0n) is 14.6. The number of aliphatic imine (C=N–C) groups is 1. The van der Waals surface area contributed by atoms with E-state index in [1.807, 2.05) is 7.05 Å². The molecule has 128 valence electrons. The molecule has 0 atom stereocenters. The maximum absolute atomic E-state index is 4.47. The quantitative estimate of drug-likeness (QED) is 0.565. The molecule has 0 aromatic carbocycles. The molecule has 1 aromatic rings. The first-order valence-corrected chi connectivity index (χ1v) is 9.59. The summed E-state index contributed by atoms with van der Waals surface area (Å²) < 4.78 is 0. The second-order valence-electron chi connectivity index (χ2n) is 6.76. The highest BCUT2D eigenvalue weighted by Gasteiger charge is 2.33. The van der Waals surface area contributed by atoms with Crippen molar-refractivity contribution >= 4 is 17.3 Å². The molecule has 0 spiro atoms. The SMILES string of the molecule is CN=C(NCCN(CC1CC1)C1CC1)NCc1sc(C)nc1C. The third-order valence-electron chi connectivity index (χ3n) is 4.58. The zero-order valence-corrected chi connectivity index (χ0v) is 15.4. The summed E-state index contributed by atoms with van der Waals surface area (Å²) in [5, 5.41) is 7.98. The number of aryl methyl sites for hydroxylation is 2. The second kappa shape index (κ2) is 7.62. The maximum atomic E-state index is 4.47. The highest BCUT2D eigenvalue weighted by atomic mass is 32.1. The molecule has 0 aliphatic heterocycles. The topological polar surface area (TPSA) is 52.6 Å². The third-order valence-corrected chi connectivity index (χ3v) is 5.66. The van der Waals surface area contributed by atoms with Crippen LogP contribution in [0.15, 0.2) is 4.99 Å². The summed E-state index contributed by atoms with van der Waals surface area (Å²) >= 11 is 1.76. The van der Waals surface area contributed by atoms with Crippen LogP contribution in [-0.2, 0) is 6.54 Å². The van der Waals surface area contributed by atoms with Gasteiger partial charge in [0.15, 0.2) is 5.96 Å². The predicted molar refractivity (Wildman–Crippen MR) is 97.1 cm³/mol. The van der Waals surface area contributed by atoms with E-state index in [2.05, 4.69) is 39.4 Å². The van der Waals surface area contributed by atoms with Crippen LogP contribution in [0.25, 0.3) is 0 Å². The molecule has 2 fully saturated rings. The van der Waals surface area contributed by atoms with Crippen LogP contribution in [0.5, 0.6) is 0 Å². The molecule has 0 unspecified atom stereocenters. The predicted octanol–water partition coefficient (Wildman–Crippen LogP) is 2.30. The molecule has 2 aliphatic carbocycles. The van der Waals surface area contributed by atoms with Crippen molar-refractivity contribution < 1.29 is 0 Å². The minimum absolute atomic E-state index is 0.797. The van der Waals surface area contributed by atoms with Crippen LogP contribution in [0.2, 0.25) is 0 Å². The average molecular weight is 336 g/mol. The molecule has 0 radical (unpaired) electrons. The van der Waals surface area contributed by atoms with Crippen molar-refractivity contribution in [2.24, 2.45) is 10.9 Å². The Balaban J connectivity index is 1.39. The summed E-state index contributed by atoms with van der Waals surface area (Å²) in [4.78, 5) is 12.8. The van der Waals surface area contributed by atoms with Crippen LogP contribution >= 0.6 is 11.3 Å². The van der Waals surface area contributed by atoms with E-state index in [-0.39, 0.29) is 0 Å². The Bertz CT molecular complexity index is 545. The van der Waals surface area contributed by atoms with Crippen molar-refractivity contribution in [1.29, 1.82) is 0 Å². The van der Waals surface area contributed by atoms with E-state index in [9.17, 15) is 0 Å². The number of rotatable bonds is 8. The number of guanidine groups is 1. The molecule has 23 heavy (non-hydrogen) atoms. The Morgan fingerprint density at radius 1 is 1.26 bits per heavy atom. The van der Waals surface area contributed by atoms with Crippen molar-refractivity contribution in [2.45, 2.75) is 52.1 Å². The summed E-state index contributed by atoms with van der Waals surface area (Å²) in [6.45, 7) is 8.32. The average Bonchev–Trinajstić information content (AvgIpc) is 3.42. The van der Waals surface area contributed by atoms with Gasteiger partial charge in [0.2, 0.25) is 0 Å². The smallest absolute Gasteiger partial charge is 0.191 e. The molecule has 2 aliphatic rings. The second-order valence-corrected chi connectivity index (χ2v) is 8.05. The van der Waals surface area contributed by atoms with Crippen LogP contribution in [-0.4, -0.2) is 48.6 Å². The van der Waals surface area contributed by atoms with E-state index < -0.39 is 0 Å². The van der Waals surface area contributed by atoms with Gasteiger partial charge in [0.25, 0.3) is 0 Å². The van der Waals surface area contributed by atoms with E-state index >= 15 is 0 Å². The molecule has 5 nitrogen and oxygen atoms in total. The van der Waals surface area contributed by atoms with Gasteiger partial charge in [-0.15, -0.1) is 11.3 Å². The normalized spacial score (nSPS) is 18.5.